The number of thiazole rings is 1. The van der Waals surface area contributed by atoms with Crippen LogP contribution >= 0.6 is 34.5 Å². The Hall–Kier alpha value is -2.40. The Labute approximate surface area is 189 Å². The van der Waals surface area contributed by atoms with Crippen molar-refractivity contribution >= 4 is 45.6 Å². The second-order valence-corrected chi connectivity index (χ2v) is 8.75. The first-order valence-corrected chi connectivity index (χ1v) is 11.0. The largest absolute Gasteiger partial charge is 0.302 e. The number of hydrogen-bond acceptors (Lipinski definition) is 5. The molecule has 0 spiro atoms. The Kier molecular flexibility index (Phi) is 7.48. The van der Waals surface area contributed by atoms with Gasteiger partial charge < -0.3 is 5.32 Å². The summed E-state index contributed by atoms with van der Waals surface area (Å²) in [6.45, 7) is 4.46. The van der Waals surface area contributed by atoms with E-state index in [2.05, 4.69) is 21.5 Å². The molecule has 6 nitrogen and oxygen atoms in total. The molecule has 0 bridgehead atoms. The molecule has 3 rings (SSSR count). The number of nitrogens with zero attached hydrogens (tertiary/aromatic N) is 4. The fraction of sp³-hybridized carbons (Fsp3) is 0.333. The van der Waals surface area contributed by atoms with Gasteiger partial charge in [0.1, 0.15) is 0 Å². The standard InChI is InChI=1S/C21H21Cl2N5OS/c1-13-17(14(2)28(27-13)10-4-9-24)7-8-19(29)26-21-25-12-16(30-21)11-15-5-3-6-18(22)20(15)23/h3,5-6,12H,4,7-8,10-11H2,1-2H3,(H,25,26,29). The summed E-state index contributed by atoms with van der Waals surface area (Å²) >= 11 is 13.7. The van der Waals surface area contributed by atoms with Gasteiger partial charge in [-0.05, 0) is 37.5 Å². The Bertz CT molecular complexity index is 1100. The van der Waals surface area contributed by atoms with Crippen molar-refractivity contribution < 1.29 is 4.79 Å². The molecule has 156 valence electrons. The maximum atomic E-state index is 12.4. The Morgan fingerprint density at radius 1 is 1.33 bits per heavy atom. The molecule has 0 aliphatic heterocycles. The molecule has 2 heterocycles. The van der Waals surface area contributed by atoms with Gasteiger partial charge in [0.2, 0.25) is 5.91 Å². The minimum Gasteiger partial charge on any atom is -0.302 e. The lowest BCUT2D eigenvalue weighted by Crippen LogP contribution is -2.12. The number of carbonyl (C=O) groups is 1. The van der Waals surface area contributed by atoms with E-state index in [-0.39, 0.29) is 5.91 Å². The zero-order valence-electron chi connectivity index (χ0n) is 16.7. The lowest BCUT2D eigenvalue weighted by atomic mass is 10.1. The first kappa shape index (κ1) is 22.3. The van der Waals surface area contributed by atoms with Crippen molar-refractivity contribution in [3.8, 4) is 6.07 Å². The van der Waals surface area contributed by atoms with Gasteiger partial charge in [0.15, 0.2) is 5.13 Å². The van der Waals surface area contributed by atoms with Gasteiger partial charge >= 0.3 is 0 Å². The van der Waals surface area contributed by atoms with Crippen LogP contribution in [0.25, 0.3) is 0 Å². The second kappa shape index (κ2) is 10.1. The molecule has 0 fully saturated rings. The van der Waals surface area contributed by atoms with Crippen LogP contribution in [-0.2, 0) is 24.2 Å². The minimum atomic E-state index is -0.0970. The van der Waals surface area contributed by atoms with Crippen molar-refractivity contribution in [2.75, 3.05) is 5.32 Å². The normalized spacial score (nSPS) is 10.8. The molecule has 0 saturated carbocycles. The van der Waals surface area contributed by atoms with Gasteiger partial charge in [-0.1, -0.05) is 35.3 Å². The average Bonchev–Trinajstić information content (AvgIpc) is 3.25. The van der Waals surface area contributed by atoms with E-state index in [4.69, 9.17) is 28.5 Å². The molecule has 2 aromatic heterocycles. The highest BCUT2D eigenvalue weighted by atomic mass is 35.5. The van der Waals surface area contributed by atoms with Crippen LogP contribution in [0.3, 0.4) is 0 Å². The molecule has 30 heavy (non-hydrogen) atoms. The van der Waals surface area contributed by atoms with Crippen molar-refractivity contribution in [2.45, 2.75) is 46.1 Å². The van der Waals surface area contributed by atoms with Crippen LogP contribution in [0.4, 0.5) is 5.13 Å². The smallest absolute Gasteiger partial charge is 0.226 e. The van der Waals surface area contributed by atoms with Crippen LogP contribution in [0.5, 0.6) is 0 Å². The summed E-state index contributed by atoms with van der Waals surface area (Å²) in [5.74, 6) is -0.0970. The van der Waals surface area contributed by atoms with E-state index in [1.807, 2.05) is 30.7 Å². The third kappa shape index (κ3) is 5.39. The van der Waals surface area contributed by atoms with E-state index in [9.17, 15) is 4.79 Å². The van der Waals surface area contributed by atoms with Gasteiger partial charge in [0.25, 0.3) is 0 Å². The van der Waals surface area contributed by atoms with Gasteiger partial charge in [0, 0.05) is 29.6 Å². The number of aromatic nitrogens is 3. The van der Waals surface area contributed by atoms with Crippen molar-refractivity contribution in [1.29, 1.82) is 5.26 Å². The number of benzene rings is 1. The number of nitrogens with one attached hydrogen (secondary N) is 1. The number of hydrogen-bond donors (Lipinski definition) is 1. The third-order valence-corrected chi connectivity index (χ3v) is 6.54. The number of nitriles is 1. The topological polar surface area (TPSA) is 83.6 Å². The number of amides is 1. The van der Waals surface area contributed by atoms with Gasteiger partial charge in [0.05, 0.1) is 34.8 Å². The minimum absolute atomic E-state index is 0.0970. The highest BCUT2D eigenvalue weighted by molar-refractivity contribution is 7.15. The summed E-state index contributed by atoms with van der Waals surface area (Å²) in [6.07, 6.45) is 3.68. The van der Waals surface area contributed by atoms with Crippen LogP contribution in [0.15, 0.2) is 24.4 Å². The van der Waals surface area contributed by atoms with Crippen LogP contribution in [0, 0.1) is 25.2 Å². The molecule has 3 aromatic rings. The SMILES string of the molecule is Cc1nn(CCC#N)c(C)c1CCC(=O)Nc1ncc(Cc2cccc(Cl)c2Cl)s1. The third-order valence-electron chi connectivity index (χ3n) is 4.76. The number of halogens is 2. The first-order chi connectivity index (χ1) is 14.4. The summed E-state index contributed by atoms with van der Waals surface area (Å²) < 4.78 is 1.83. The van der Waals surface area contributed by atoms with E-state index >= 15 is 0 Å². The van der Waals surface area contributed by atoms with Crippen LogP contribution in [-0.4, -0.2) is 20.7 Å². The van der Waals surface area contributed by atoms with Crippen molar-refractivity contribution in [3.05, 3.63) is 61.8 Å². The molecule has 9 heteroatoms. The van der Waals surface area contributed by atoms with E-state index in [0.717, 1.165) is 27.4 Å². The van der Waals surface area contributed by atoms with Crippen LogP contribution < -0.4 is 5.32 Å². The highest BCUT2D eigenvalue weighted by Crippen LogP contribution is 2.29. The maximum Gasteiger partial charge on any atom is 0.226 e. The molecule has 0 aliphatic carbocycles. The van der Waals surface area contributed by atoms with E-state index < -0.39 is 0 Å². The lowest BCUT2D eigenvalue weighted by Gasteiger charge is -2.04. The lowest BCUT2D eigenvalue weighted by molar-refractivity contribution is -0.116. The summed E-state index contributed by atoms with van der Waals surface area (Å²) in [4.78, 5) is 17.7. The molecular formula is C21H21Cl2N5OS. The zero-order valence-corrected chi connectivity index (χ0v) is 19.0. The van der Waals surface area contributed by atoms with Crippen LogP contribution in [0.2, 0.25) is 10.0 Å². The predicted octanol–water partition coefficient (Wildman–Crippen LogP) is 5.34. The Morgan fingerprint density at radius 2 is 2.13 bits per heavy atom. The zero-order chi connectivity index (χ0) is 21.7. The molecular weight excluding hydrogens is 441 g/mol. The Balaban J connectivity index is 1.57. The number of rotatable bonds is 8. The summed E-state index contributed by atoms with van der Waals surface area (Å²) in [5, 5.41) is 17.7. The fourth-order valence-electron chi connectivity index (χ4n) is 3.21. The van der Waals surface area contributed by atoms with Crippen molar-refractivity contribution in [1.82, 2.24) is 14.8 Å². The number of aryl methyl sites for hydroxylation is 2. The number of carbonyl (C=O) groups excluding carboxylic acids is 1. The molecule has 1 aromatic carbocycles. The quantitative estimate of drug-likeness (QED) is 0.490. The van der Waals surface area contributed by atoms with Gasteiger partial charge in [-0.3, -0.25) is 9.48 Å². The van der Waals surface area contributed by atoms with E-state index in [1.165, 1.54) is 11.3 Å². The summed E-state index contributed by atoms with van der Waals surface area (Å²) in [7, 11) is 0. The Morgan fingerprint density at radius 3 is 2.90 bits per heavy atom. The molecule has 0 saturated heterocycles. The van der Waals surface area contributed by atoms with Crippen molar-refractivity contribution in [2.24, 2.45) is 0 Å². The summed E-state index contributed by atoms with van der Waals surface area (Å²) in [5.41, 5.74) is 3.88. The first-order valence-electron chi connectivity index (χ1n) is 9.46. The fourth-order valence-corrected chi connectivity index (χ4v) is 4.45. The highest BCUT2D eigenvalue weighted by Gasteiger charge is 2.14. The van der Waals surface area contributed by atoms with E-state index in [1.54, 1.807) is 12.3 Å². The molecule has 0 unspecified atom stereocenters. The molecule has 1 amide bonds. The molecule has 0 radical (unpaired) electrons. The molecule has 0 aliphatic rings. The number of anilines is 1. The predicted molar refractivity (Wildman–Crippen MR) is 120 cm³/mol. The van der Waals surface area contributed by atoms with Gasteiger partial charge in [-0.25, -0.2) is 4.98 Å². The summed E-state index contributed by atoms with van der Waals surface area (Å²) in [6, 6.07) is 7.67. The second-order valence-electron chi connectivity index (χ2n) is 6.85. The molecule has 0 atom stereocenters. The average molecular weight is 462 g/mol. The molecule has 1 N–H and O–H groups in total. The van der Waals surface area contributed by atoms with Gasteiger partial charge in [-0.15, -0.1) is 11.3 Å². The van der Waals surface area contributed by atoms with Gasteiger partial charge in [-0.2, -0.15) is 10.4 Å². The maximum absolute atomic E-state index is 12.4. The van der Waals surface area contributed by atoms with Crippen molar-refractivity contribution in [3.63, 3.8) is 0 Å². The van der Waals surface area contributed by atoms with E-state index in [0.29, 0.717) is 47.4 Å². The monoisotopic (exact) mass is 461 g/mol. The van der Waals surface area contributed by atoms with Crippen LogP contribution in [0.1, 0.15) is 40.2 Å².